The van der Waals surface area contributed by atoms with Crippen molar-refractivity contribution >= 4 is 23.1 Å². The van der Waals surface area contributed by atoms with Gasteiger partial charge in [-0.2, -0.15) is 0 Å². The van der Waals surface area contributed by atoms with Crippen LogP contribution in [0.2, 0.25) is 0 Å². The van der Waals surface area contributed by atoms with Gasteiger partial charge in [0.05, 0.1) is 48.3 Å². The number of benzene rings is 1. The van der Waals surface area contributed by atoms with Crippen molar-refractivity contribution in [3.63, 3.8) is 0 Å². The minimum atomic E-state index is -2.26. The van der Waals surface area contributed by atoms with Gasteiger partial charge in [-0.25, -0.2) is 0 Å². The van der Waals surface area contributed by atoms with Crippen molar-refractivity contribution in [2.75, 3.05) is 0 Å². The van der Waals surface area contributed by atoms with Gasteiger partial charge in [0.15, 0.2) is 18.4 Å². The van der Waals surface area contributed by atoms with Gasteiger partial charge in [0.2, 0.25) is 11.6 Å². The van der Waals surface area contributed by atoms with Gasteiger partial charge in [0, 0.05) is 42.0 Å². The maximum Gasteiger partial charge on any atom is 0.234 e. The molecule has 0 radical (unpaired) electrons. The van der Waals surface area contributed by atoms with E-state index in [0.29, 0.717) is 49.7 Å². The Labute approximate surface area is 296 Å². The fourth-order valence-electron chi connectivity index (χ4n) is 7.85. The molecule has 3 fully saturated rings. The number of hydrogen-bond acceptors (Lipinski definition) is 14. The van der Waals surface area contributed by atoms with Crippen LogP contribution in [0, 0.1) is 0 Å². The van der Waals surface area contributed by atoms with Gasteiger partial charge in [0.25, 0.3) is 0 Å². The lowest BCUT2D eigenvalue weighted by atomic mass is 9.74. The van der Waals surface area contributed by atoms with Crippen LogP contribution in [0.3, 0.4) is 0 Å². The lowest BCUT2D eigenvalue weighted by molar-refractivity contribution is -0.260. The normalized spacial score (nSPS) is 38.4. The Balaban J connectivity index is 1.28. The molecule has 0 amide bonds. The number of aromatic hydroxyl groups is 1. The monoisotopic (exact) mass is 715 g/mol. The molecule has 12 atom stereocenters. The Morgan fingerprint density at radius 3 is 2.29 bits per heavy atom. The van der Waals surface area contributed by atoms with Gasteiger partial charge >= 0.3 is 0 Å². The van der Waals surface area contributed by atoms with Crippen LogP contribution < -0.4 is 5.73 Å². The van der Waals surface area contributed by atoms with Gasteiger partial charge in [-0.15, -0.1) is 0 Å². The summed E-state index contributed by atoms with van der Waals surface area (Å²) < 4.78 is 30.3. The summed E-state index contributed by atoms with van der Waals surface area (Å²) in [7, 11) is 0. The van der Waals surface area contributed by atoms with Crippen LogP contribution in [0.4, 0.5) is 0 Å². The zero-order valence-electron chi connectivity index (χ0n) is 29.3. The number of phenols is 1. The molecule has 6 rings (SSSR count). The summed E-state index contributed by atoms with van der Waals surface area (Å²) in [6.07, 6.45) is -4.27. The summed E-state index contributed by atoms with van der Waals surface area (Å²) in [6, 6.07) is 2.58. The number of aliphatic hydroxyl groups excluding tert-OH is 3. The number of ether oxygens (including phenoxy) is 5. The summed E-state index contributed by atoms with van der Waals surface area (Å²) in [6.45, 7) is 6.98. The Bertz CT molecular complexity index is 1610. The topological polar surface area (TPSA) is 225 Å². The highest BCUT2D eigenvalue weighted by Gasteiger charge is 2.52. The summed E-state index contributed by atoms with van der Waals surface area (Å²) in [5.41, 5.74) is 3.65. The third-order valence-electron chi connectivity index (χ3n) is 11.0. The van der Waals surface area contributed by atoms with Crippen LogP contribution in [0.1, 0.15) is 107 Å². The van der Waals surface area contributed by atoms with E-state index in [1.165, 1.54) is 18.2 Å². The number of carbonyl (C=O) groups excluding carboxylic acids is 3. The molecule has 1 aromatic rings. The van der Waals surface area contributed by atoms with Gasteiger partial charge in [-0.1, -0.05) is 11.6 Å². The molecule has 2 aliphatic carbocycles. The second kappa shape index (κ2) is 14.8. The minimum Gasteiger partial charge on any atom is -0.507 e. The number of carbonyl (C=O) groups is 3. The van der Waals surface area contributed by atoms with Crippen LogP contribution in [-0.2, 0) is 33.3 Å². The molecule has 280 valence electrons. The average Bonchev–Trinajstić information content (AvgIpc) is 3.08. The van der Waals surface area contributed by atoms with E-state index in [9.17, 15) is 39.9 Å². The van der Waals surface area contributed by atoms with Crippen LogP contribution in [0.5, 0.6) is 5.75 Å². The smallest absolute Gasteiger partial charge is 0.234 e. The molecular weight excluding hydrogens is 666 g/mol. The summed E-state index contributed by atoms with van der Waals surface area (Å²) in [5.74, 6) is -3.97. The molecule has 0 spiro atoms. The summed E-state index contributed by atoms with van der Waals surface area (Å²) in [5, 5.41) is 56.1. The first kappa shape index (κ1) is 37.7. The molecule has 0 aromatic heterocycles. The average molecular weight is 716 g/mol. The molecule has 5 aliphatic rings. The van der Waals surface area contributed by atoms with Gasteiger partial charge < -0.3 is 55.0 Å². The highest BCUT2D eigenvalue weighted by molar-refractivity contribution is 6.52. The van der Waals surface area contributed by atoms with Crippen LogP contribution >= 0.6 is 0 Å². The first-order valence-electron chi connectivity index (χ1n) is 17.8. The second-order valence-corrected chi connectivity index (χ2v) is 14.7. The Morgan fingerprint density at radius 2 is 1.61 bits per heavy atom. The van der Waals surface area contributed by atoms with E-state index < -0.39 is 95.7 Å². The number of phenolic OH excluding ortho intramolecular Hbond substituents is 1. The predicted octanol–water partition coefficient (Wildman–Crippen LogP) is 2.58. The molecule has 0 bridgehead atoms. The van der Waals surface area contributed by atoms with Crippen molar-refractivity contribution < 1.29 is 63.6 Å². The second-order valence-electron chi connectivity index (χ2n) is 14.7. The quantitative estimate of drug-likeness (QED) is 0.213. The fourth-order valence-corrected chi connectivity index (χ4v) is 7.85. The van der Waals surface area contributed by atoms with E-state index in [1.54, 1.807) is 20.8 Å². The zero-order valence-corrected chi connectivity index (χ0v) is 29.3. The lowest BCUT2D eigenvalue weighted by Gasteiger charge is -2.44. The van der Waals surface area contributed by atoms with Crippen molar-refractivity contribution in [3.8, 4) is 5.75 Å². The Morgan fingerprint density at radius 1 is 0.902 bits per heavy atom. The van der Waals surface area contributed by atoms with Crippen LogP contribution in [-0.4, -0.2) is 110 Å². The summed E-state index contributed by atoms with van der Waals surface area (Å²) in [4.78, 5) is 39.7. The number of rotatable bonds is 8. The first-order chi connectivity index (χ1) is 24.1. The Hall–Kier alpha value is -3.05. The number of hydrogen-bond donors (Lipinski definition) is 6. The summed E-state index contributed by atoms with van der Waals surface area (Å²) >= 11 is 0. The maximum absolute atomic E-state index is 13.6. The molecule has 3 heterocycles. The molecule has 0 saturated carbocycles. The van der Waals surface area contributed by atoms with Gasteiger partial charge in [-0.05, 0) is 71.9 Å². The number of ketones is 3. The number of fused-ring (bicyclic) bond motifs is 1. The minimum absolute atomic E-state index is 0.204. The molecule has 3 saturated heterocycles. The zero-order chi connectivity index (χ0) is 36.9. The van der Waals surface area contributed by atoms with Crippen molar-refractivity contribution in [3.05, 3.63) is 46.0 Å². The van der Waals surface area contributed by atoms with Crippen LogP contribution in [0.25, 0.3) is 5.76 Å². The van der Waals surface area contributed by atoms with E-state index in [4.69, 9.17) is 29.4 Å². The predicted molar refractivity (Wildman–Crippen MR) is 179 cm³/mol. The molecule has 14 heteroatoms. The lowest BCUT2D eigenvalue weighted by Crippen LogP contribution is -2.59. The van der Waals surface area contributed by atoms with E-state index in [2.05, 4.69) is 0 Å². The van der Waals surface area contributed by atoms with E-state index >= 15 is 0 Å². The number of aliphatic hydroxyl groups is 4. The Kier molecular flexibility index (Phi) is 10.9. The highest BCUT2D eigenvalue weighted by atomic mass is 16.7. The van der Waals surface area contributed by atoms with Gasteiger partial charge in [0.1, 0.15) is 23.2 Å². The largest absolute Gasteiger partial charge is 0.507 e. The number of nitrogens with two attached hydrogens (primary N) is 1. The molecular formula is C37H49NO13. The van der Waals surface area contributed by atoms with E-state index in [1.807, 2.05) is 6.92 Å². The third-order valence-corrected chi connectivity index (χ3v) is 11.0. The molecule has 3 aliphatic heterocycles. The molecule has 51 heavy (non-hydrogen) atoms. The number of Topliss-reactive ketones (excluding diaryl/α,β-unsaturated/α-hetero) is 2. The van der Waals surface area contributed by atoms with Crippen LogP contribution in [0.15, 0.2) is 29.4 Å². The van der Waals surface area contributed by atoms with Crippen molar-refractivity contribution in [2.24, 2.45) is 5.73 Å². The van der Waals surface area contributed by atoms with Crippen molar-refractivity contribution in [1.29, 1.82) is 0 Å². The fraction of sp³-hybridized carbons (Fsp3) is 0.649. The standard InChI is InChI=1S/C37H49NO13/c1-16-13-25(40)36(45)37(46,15-16)28(51-30-11-7-23(38)17(2)48-30)14-22-33(42)31-21(34(43)35(22)44)6-5-20(32(31)41)27-10-9-26(19(4)47-27)50-29-12-8-24(39)18(3)49-29/h5-6,13,17-19,23-24,26-30,36,39,41-42,45-46H,7-12,14-15,38H2,1-4H3/t17?,18?,19?,23?,24?,26?,27?,28-,29?,30?,36-,37-/m1/s1. The maximum atomic E-state index is 13.6. The van der Waals surface area contributed by atoms with Crippen molar-refractivity contribution in [1.82, 2.24) is 0 Å². The van der Waals surface area contributed by atoms with Crippen molar-refractivity contribution in [2.45, 2.75) is 152 Å². The highest BCUT2D eigenvalue weighted by Crippen LogP contribution is 2.45. The SMILES string of the molecule is CC1=CC(=O)[C@@H](O)[C@](O)([C@@H](CC2=C(O)c3c(ccc(C4CCC(OC5CCC(O)C(C)O5)C(C)O4)c3O)C(=O)C2=O)OC2CCC(N)C(C)O2)C1. The van der Waals surface area contributed by atoms with E-state index in [-0.39, 0.29) is 35.8 Å². The third kappa shape index (κ3) is 7.31. The van der Waals surface area contributed by atoms with Gasteiger partial charge in [-0.3, -0.25) is 14.4 Å². The molecule has 14 nitrogen and oxygen atoms in total. The molecule has 1 aromatic carbocycles. The first-order valence-corrected chi connectivity index (χ1v) is 17.8. The van der Waals surface area contributed by atoms with E-state index in [0.717, 1.165) is 0 Å². The molecule has 9 unspecified atom stereocenters. The molecule has 7 N–H and O–H groups in total.